The second kappa shape index (κ2) is 5.01. The van der Waals surface area contributed by atoms with Gasteiger partial charge in [0.25, 0.3) is 0 Å². The Morgan fingerprint density at radius 3 is 2.29 bits per heavy atom. The van der Waals surface area contributed by atoms with Gasteiger partial charge in [0, 0.05) is 16.4 Å². The van der Waals surface area contributed by atoms with Crippen molar-refractivity contribution in [3.63, 3.8) is 0 Å². The number of hydrogen-bond donors (Lipinski definition) is 0. The molecule has 1 aromatic heterocycles. The Labute approximate surface area is 167 Å². The van der Waals surface area contributed by atoms with Gasteiger partial charge in [-0.3, -0.25) is 0 Å². The number of nitrogens with zero attached hydrogens (tertiary/aromatic N) is 1. The maximum atomic E-state index is 5.22. The van der Waals surface area contributed by atoms with E-state index in [-0.39, 0.29) is 5.41 Å². The van der Waals surface area contributed by atoms with E-state index >= 15 is 0 Å². The molecule has 6 rings (SSSR count). The molecule has 1 aliphatic carbocycles. The number of aromatic nitrogens is 1. The molecule has 0 N–H and O–H groups in total. The second-order valence-corrected chi connectivity index (χ2v) is 13.6. The summed E-state index contributed by atoms with van der Waals surface area (Å²) in [4.78, 5) is 5.22. The summed E-state index contributed by atoms with van der Waals surface area (Å²) in [5, 5.41) is 4.36. The van der Waals surface area contributed by atoms with Crippen LogP contribution in [0.15, 0.2) is 66.7 Å². The van der Waals surface area contributed by atoms with Crippen molar-refractivity contribution in [3.05, 3.63) is 77.9 Å². The van der Waals surface area contributed by atoms with Crippen molar-refractivity contribution < 1.29 is 0 Å². The minimum Gasteiger partial charge on any atom is -0.247 e. The van der Waals surface area contributed by atoms with E-state index in [0.717, 1.165) is 11.2 Å². The standard InChI is InChI=1S/C26H23NSi/c1-26(2)18-11-8-14-22-24(18)23-17(10-7-13-21(23)28(22,3)4)25-19(26)15-16-9-5-6-12-20(16)27-25/h5-15H,1-4H3. The first-order valence-electron chi connectivity index (χ1n) is 10.1. The van der Waals surface area contributed by atoms with Gasteiger partial charge < -0.3 is 0 Å². The summed E-state index contributed by atoms with van der Waals surface area (Å²) in [6, 6.07) is 24.8. The van der Waals surface area contributed by atoms with E-state index in [1.165, 1.54) is 33.2 Å². The fourth-order valence-corrected chi connectivity index (χ4v) is 8.58. The maximum Gasteiger partial charge on any atom is 0.113 e. The smallest absolute Gasteiger partial charge is 0.113 e. The number of para-hydroxylation sites is 1. The zero-order valence-electron chi connectivity index (χ0n) is 16.8. The van der Waals surface area contributed by atoms with Crippen molar-refractivity contribution in [2.75, 3.05) is 0 Å². The molecule has 1 nitrogen and oxygen atoms in total. The van der Waals surface area contributed by atoms with E-state index in [1.54, 1.807) is 10.4 Å². The first-order chi connectivity index (χ1) is 13.4. The van der Waals surface area contributed by atoms with Crippen LogP contribution in [0.3, 0.4) is 0 Å². The van der Waals surface area contributed by atoms with Crippen molar-refractivity contribution in [3.8, 4) is 22.4 Å². The Kier molecular flexibility index (Phi) is 2.91. The summed E-state index contributed by atoms with van der Waals surface area (Å²) < 4.78 is 0. The lowest BCUT2D eigenvalue weighted by atomic mass is 9.76. The summed E-state index contributed by atoms with van der Waals surface area (Å²) in [7, 11) is -1.69. The molecule has 2 heteroatoms. The summed E-state index contributed by atoms with van der Waals surface area (Å²) in [5.74, 6) is 0. The van der Waals surface area contributed by atoms with Gasteiger partial charge in [-0.25, -0.2) is 4.98 Å². The van der Waals surface area contributed by atoms with Crippen LogP contribution in [0.2, 0.25) is 13.1 Å². The van der Waals surface area contributed by atoms with Crippen molar-refractivity contribution in [2.24, 2.45) is 0 Å². The minimum atomic E-state index is -1.69. The average Bonchev–Trinajstić information content (AvgIpc) is 2.90. The van der Waals surface area contributed by atoms with Gasteiger partial charge in [-0.1, -0.05) is 81.5 Å². The van der Waals surface area contributed by atoms with Crippen LogP contribution in [-0.4, -0.2) is 13.1 Å². The van der Waals surface area contributed by atoms with Gasteiger partial charge in [0.05, 0.1) is 11.2 Å². The Balaban J connectivity index is 1.88. The molecule has 0 amide bonds. The largest absolute Gasteiger partial charge is 0.247 e. The Bertz CT molecular complexity index is 1310. The highest BCUT2D eigenvalue weighted by Gasteiger charge is 2.44. The molecule has 0 saturated heterocycles. The van der Waals surface area contributed by atoms with E-state index in [4.69, 9.17) is 4.98 Å². The summed E-state index contributed by atoms with van der Waals surface area (Å²) in [6.45, 7) is 9.73. The second-order valence-electron chi connectivity index (χ2n) is 9.28. The molecule has 3 aromatic carbocycles. The maximum absolute atomic E-state index is 5.22. The number of pyridine rings is 1. The Morgan fingerprint density at radius 1 is 0.750 bits per heavy atom. The van der Waals surface area contributed by atoms with Gasteiger partial charge in [0.15, 0.2) is 0 Å². The predicted octanol–water partition coefficient (Wildman–Crippen LogP) is 5.34. The van der Waals surface area contributed by atoms with E-state index in [1.807, 2.05) is 0 Å². The molecule has 0 radical (unpaired) electrons. The van der Waals surface area contributed by atoms with Crippen LogP contribution in [0, 0.1) is 0 Å². The van der Waals surface area contributed by atoms with Gasteiger partial charge >= 0.3 is 0 Å². The fraction of sp³-hybridized carbons (Fsp3) is 0.192. The summed E-state index contributed by atoms with van der Waals surface area (Å²) in [5.41, 5.74) is 9.20. The molecule has 1 aliphatic heterocycles. The van der Waals surface area contributed by atoms with E-state index < -0.39 is 8.07 Å². The highest BCUT2D eigenvalue weighted by atomic mass is 28.3. The molecule has 0 bridgehead atoms. The van der Waals surface area contributed by atoms with Crippen molar-refractivity contribution >= 4 is 29.4 Å². The molecule has 0 fully saturated rings. The Morgan fingerprint density at radius 2 is 1.46 bits per heavy atom. The highest BCUT2D eigenvalue weighted by molar-refractivity contribution is 7.04. The lowest BCUT2D eigenvalue weighted by Gasteiger charge is -2.29. The third kappa shape index (κ3) is 1.79. The number of fused-ring (bicyclic) bond motifs is 3. The van der Waals surface area contributed by atoms with Crippen LogP contribution >= 0.6 is 0 Å². The van der Waals surface area contributed by atoms with Crippen LogP contribution in [0.25, 0.3) is 33.3 Å². The van der Waals surface area contributed by atoms with Crippen molar-refractivity contribution in [1.82, 2.24) is 4.98 Å². The lowest BCUT2D eigenvalue weighted by molar-refractivity contribution is 0.645. The monoisotopic (exact) mass is 377 g/mol. The van der Waals surface area contributed by atoms with E-state index in [9.17, 15) is 0 Å². The molecule has 0 unspecified atom stereocenters. The first kappa shape index (κ1) is 16.3. The molecule has 2 heterocycles. The number of benzene rings is 3. The molecule has 0 atom stereocenters. The zero-order chi connectivity index (χ0) is 19.3. The molecule has 136 valence electrons. The number of rotatable bonds is 0. The topological polar surface area (TPSA) is 12.9 Å². The van der Waals surface area contributed by atoms with Crippen LogP contribution in [-0.2, 0) is 5.41 Å². The molecule has 0 saturated carbocycles. The zero-order valence-corrected chi connectivity index (χ0v) is 17.8. The molecule has 0 spiro atoms. The van der Waals surface area contributed by atoms with Crippen LogP contribution in [0.4, 0.5) is 0 Å². The van der Waals surface area contributed by atoms with Crippen molar-refractivity contribution in [2.45, 2.75) is 32.4 Å². The quantitative estimate of drug-likeness (QED) is 0.377. The molecule has 2 aliphatic rings. The van der Waals surface area contributed by atoms with Gasteiger partial charge in [-0.2, -0.15) is 0 Å². The highest BCUT2D eigenvalue weighted by Crippen LogP contribution is 2.49. The molecule has 4 aromatic rings. The third-order valence-electron chi connectivity index (χ3n) is 7.05. The summed E-state index contributed by atoms with van der Waals surface area (Å²) >= 11 is 0. The molecule has 28 heavy (non-hydrogen) atoms. The first-order valence-corrected chi connectivity index (χ1v) is 13.1. The fourth-order valence-electron chi connectivity index (χ4n) is 5.49. The SMILES string of the molecule is CC1(C)c2cc3ccccc3nc2-c2cccc3c2-c2c1cccc2[Si]3(C)C. The normalized spacial score (nSPS) is 17.1. The van der Waals surface area contributed by atoms with E-state index in [0.29, 0.717) is 0 Å². The van der Waals surface area contributed by atoms with Crippen LogP contribution < -0.4 is 10.4 Å². The van der Waals surface area contributed by atoms with Gasteiger partial charge in [0.1, 0.15) is 8.07 Å². The lowest BCUT2D eigenvalue weighted by Crippen LogP contribution is -2.49. The Hall–Kier alpha value is -2.71. The summed E-state index contributed by atoms with van der Waals surface area (Å²) in [6.07, 6.45) is 0. The minimum absolute atomic E-state index is 0.0944. The van der Waals surface area contributed by atoms with Gasteiger partial charge in [-0.05, 0) is 44.8 Å². The number of hydrogen-bond acceptors (Lipinski definition) is 1. The average molecular weight is 378 g/mol. The van der Waals surface area contributed by atoms with Gasteiger partial charge in [-0.15, -0.1) is 0 Å². The van der Waals surface area contributed by atoms with Crippen LogP contribution in [0.1, 0.15) is 25.0 Å². The van der Waals surface area contributed by atoms with Gasteiger partial charge in [0.2, 0.25) is 0 Å². The van der Waals surface area contributed by atoms with Crippen molar-refractivity contribution in [1.29, 1.82) is 0 Å². The third-order valence-corrected chi connectivity index (χ3v) is 10.6. The van der Waals surface area contributed by atoms with Crippen LogP contribution in [0.5, 0.6) is 0 Å². The molecular weight excluding hydrogens is 354 g/mol. The molecular formula is C26H23NSi. The predicted molar refractivity (Wildman–Crippen MR) is 121 cm³/mol. The van der Waals surface area contributed by atoms with E-state index in [2.05, 4.69) is 93.7 Å².